The number of fused-ring (bicyclic) bond motifs is 1. The van der Waals surface area contributed by atoms with Gasteiger partial charge in [-0.15, -0.1) is 10.2 Å². The molecule has 0 aliphatic carbocycles. The summed E-state index contributed by atoms with van der Waals surface area (Å²) >= 11 is 1.20. The summed E-state index contributed by atoms with van der Waals surface area (Å²) in [5.41, 5.74) is 0.656. The normalized spacial score (nSPS) is 12.7. The number of benzene rings is 1. The zero-order valence-corrected chi connectivity index (χ0v) is 13.0. The summed E-state index contributed by atoms with van der Waals surface area (Å²) in [5, 5.41) is 11.0. The van der Waals surface area contributed by atoms with Crippen LogP contribution in [-0.4, -0.2) is 28.7 Å². The van der Waals surface area contributed by atoms with E-state index in [1.807, 2.05) is 13.8 Å². The molecule has 22 heavy (non-hydrogen) atoms. The van der Waals surface area contributed by atoms with Gasteiger partial charge in [-0.25, -0.2) is 0 Å². The highest BCUT2D eigenvalue weighted by molar-refractivity contribution is 7.99. The molecule has 8 heteroatoms. The van der Waals surface area contributed by atoms with Gasteiger partial charge in [-0.3, -0.25) is 4.79 Å². The molecular weight excluding hydrogens is 306 g/mol. The lowest BCUT2D eigenvalue weighted by Crippen LogP contribution is -2.13. The molecule has 2 aromatic rings. The summed E-state index contributed by atoms with van der Waals surface area (Å²) in [5.74, 6) is 2.08. The van der Waals surface area contributed by atoms with E-state index in [1.54, 1.807) is 18.2 Å². The van der Waals surface area contributed by atoms with E-state index in [0.29, 0.717) is 28.3 Å². The van der Waals surface area contributed by atoms with E-state index < -0.39 is 0 Å². The second-order valence-electron chi connectivity index (χ2n) is 4.97. The van der Waals surface area contributed by atoms with E-state index in [4.69, 9.17) is 13.9 Å². The number of carbonyl (C=O) groups is 1. The zero-order valence-electron chi connectivity index (χ0n) is 12.2. The minimum absolute atomic E-state index is 0.159. The Kier molecular flexibility index (Phi) is 4.19. The fraction of sp³-hybridized carbons (Fsp3) is 0.357. The van der Waals surface area contributed by atoms with E-state index >= 15 is 0 Å². The van der Waals surface area contributed by atoms with Gasteiger partial charge in [0.15, 0.2) is 11.5 Å². The number of hydrogen-bond acceptors (Lipinski definition) is 7. The minimum Gasteiger partial charge on any atom is -0.454 e. The first-order valence-corrected chi connectivity index (χ1v) is 7.76. The summed E-state index contributed by atoms with van der Waals surface area (Å²) in [6.45, 7) is 4.14. The second kappa shape index (κ2) is 6.27. The van der Waals surface area contributed by atoms with Crippen LogP contribution < -0.4 is 14.8 Å². The van der Waals surface area contributed by atoms with Gasteiger partial charge in [0.1, 0.15) is 0 Å². The first-order valence-electron chi connectivity index (χ1n) is 6.77. The predicted octanol–water partition coefficient (Wildman–Crippen LogP) is 2.65. The lowest BCUT2D eigenvalue weighted by Gasteiger charge is -2.05. The van der Waals surface area contributed by atoms with Gasteiger partial charge in [-0.05, 0) is 12.1 Å². The molecule has 1 aromatic heterocycles. The number of carbonyl (C=O) groups excluding carboxylic acids is 1. The van der Waals surface area contributed by atoms with Gasteiger partial charge in [0.2, 0.25) is 18.6 Å². The Morgan fingerprint density at radius 3 is 2.91 bits per heavy atom. The van der Waals surface area contributed by atoms with Crippen LogP contribution in [0.3, 0.4) is 0 Å². The van der Waals surface area contributed by atoms with Crippen LogP contribution in [0.1, 0.15) is 25.7 Å². The first-order chi connectivity index (χ1) is 10.6. The third kappa shape index (κ3) is 3.33. The quantitative estimate of drug-likeness (QED) is 0.847. The van der Waals surface area contributed by atoms with E-state index in [1.165, 1.54) is 11.8 Å². The number of ether oxygens (including phenoxy) is 2. The Bertz CT molecular complexity index is 686. The number of amides is 1. The Morgan fingerprint density at radius 1 is 1.32 bits per heavy atom. The van der Waals surface area contributed by atoms with Gasteiger partial charge in [-0.2, -0.15) is 0 Å². The molecule has 0 unspecified atom stereocenters. The van der Waals surface area contributed by atoms with Crippen molar-refractivity contribution in [1.29, 1.82) is 0 Å². The van der Waals surface area contributed by atoms with Gasteiger partial charge < -0.3 is 19.2 Å². The smallest absolute Gasteiger partial charge is 0.277 e. The number of rotatable bonds is 5. The summed E-state index contributed by atoms with van der Waals surface area (Å²) in [4.78, 5) is 11.9. The van der Waals surface area contributed by atoms with Crippen LogP contribution in [0.5, 0.6) is 11.5 Å². The molecule has 2 heterocycles. The average molecular weight is 321 g/mol. The molecule has 0 atom stereocenters. The van der Waals surface area contributed by atoms with Crippen LogP contribution in [-0.2, 0) is 4.79 Å². The molecule has 3 rings (SSSR count). The SMILES string of the molecule is CC(C)c1nnc(SCC(=O)Nc2ccc3c(c2)OCO3)o1. The fourth-order valence-corrected chi connectivity index (χ4v) is 2.38. The topological polar surface area (TPSA) is 86.5 Å². The maximum absolute atomic E-state index is 11.9. The summed E-state index contributed by atoms with van der Waals surface area (Å²) in [6, 6.07) is 5.26. The minimum atomic E-state index is -0.159. The average Bonchev–Trinajstić information content (AvgIpc) is 3.13. The van der Waals surface area contributed by atoms with Crippen molar-refractivity contribution in [1.82, 2.24) is 10.2 Å². The van der Waals surface area contributed by atoms with Crippen molar-refractivity contribution in [2.24, 2.45) is 0 Å². The lowest BCUT2D eigenvalue weighted by molar-refractivity contribution is -0.113. The van der Waals surface area contributed by atoms with Gasteiger partial charge in [0, 0.05) is 17.7 Å². The summed E-state index contributed by atoms with van der Waals surface area (Å²) in [6.07, 6.45) is 0. The van der Waals surface area contributed by atoms with Crippen molar-refractivity contribution in [3.05, 3.63) is 24.1 Å². The highest BCUT2D eigenvalue weighted by atomic mass is 32.2. The van der Waals surface area contributed by atoms with E-state index in [0.717, 1.165) is 0 Å². The summed E-state index contributed by atoms with van der Waals surface area (Å²) < 4.78 is 15.9. The summed E-state index contributed by atoms with van der Waals surface area (Å²) in [7, 11) is 0. The standard InChI is InChI=1S/C14H15N3O4S/c1-8(2)13-16-17-14(21-13)22-6-12(18)15-9-3-4-10-11(5-9)20-7-19-10/h3-5,8H,6-7H2,1-2H3,(H,15,18). The van der Waals surface area contributed by atoms with Crippen LogP contribution in [0.4, 0.5) is 5.69 Å². The van der Waals surface area contributed by atoms with Crippen LogP contribution in [0.15, 0.2) is 27.8 Å². The number of nitrogens with one attached hydrogen (secondary N) is 1. The second-order valence-corrected chi connectivity index (χ2v) is 5.89. The fourth-order valence-electron chi connectivity index (χ4n) is 1.81. The molecule has 0 bridgehead atoms. The van der Waals surface area contributed by atoms with Crippen molar-refractivity contribution in [2.75, 3.05) is 17.9 Å². The maximum atomic E-state index is 11.9. The first kappa shape index (κ1) is 14.7. The predicted molar refractivity (Wildman–Crippen MR) is 80.3 cm³/mol. The molecular formula is C14H15N3O4S. The molecule has 1 aliphatic rings. The molecule has 0 saturated heterocycles. The highest BCUT2D eigenvalue weighted by Crippen LogP contribution is 2.34. The van der Waals surface area contributed by atoms with Crippen LogP contribution >= 0.6 is 11.8 Å². The van der Waals surface area contributed by atoms with E-state index in [2.05, 4.69) is 15.5 Å². The Labute approximate surface area is 131 Å². The molecule has 1 amide bonds. The van der Waals surface area contributed by atoms with Crippen LogP contribution in [0.25, 0.3) is 0 Å². The number of anilines is 1. The Hall–Kier alpha value is -2.22. The number of aromatic nitrogens is 2. The number of hydrogen-bond donors (Lipinski definition) is 1. The Balaban J connectivity index is 1.54. The van der Waals surface area contributed by atoms with Crippen LogP contribution in [0, 0.1) is 0 Å². The molecule has 1 aliphatic heterocycles. The van der Waals surface area contributed by atoms with Crippen molar-refractivity contribution in [2.45, 2.75) is 25.0 Å². The molecule has 0 fully saturated rings. The van der Waals surface area contributed by atoms with Gasteiger partial charge in [0.05, 0.1) is 5.75 Å². The molecule has 0 radical (unpaired) electrons. The van der Waals surface area contributed by atoms with Gasteiger partial charge >= 0.3 is 0 Å². The molecule has 1 aromatic carbocycles. The Morgan fingerprint density at radius 2 is 2.14 bits per heavy atom. The maximum Gasteiger partial charge on any atom is 0.277 e. The van der Waals surface area contributed by atoms with Gasteiger partial charge in [-0.1, -0.05) is 25.6 Å². The van der Waals surface area contributed by atoms with Crippen LogP contribution in [0.2, 0.25) is 0 Å². The molecule has 0 saturated carbocycles. The molecule has 7 nitrogen and oxygen atoms in total. The third-order valence-corrected chi connectivity index (χ3v) is 3.72. The molecule has 0 spiro atoms. The zero-order chi connectivity index (χ0) is 15.5. The lowest BCUT2D eigenvalue weighted by atomic mass is 10.2. The molecule has 116 valence electrons. The van der Waals surface area contributed by atoms with Crippen molar-refractivity contribution >= 4 is 23.4 Å². The number of thioether (sulfide) groups is 1. The highest BCUT2D eigenvalue weighted by Gasteiger charge is 2.15. The van der Waals surface area contributed by atoms with Crippen molar-refractivity contribution < 1.29 is 18.7 Å². The van der Waals surface area contributed by atoms with Gasteiger partial charge in [0.25, 0.3) is 5.22 Å². The number of nitrogens with zero attached hydrogens (tertiary/aromatic N) is 2. The van der Waals surface area contributed by atoms with Crippen molar-refractivity contribution in [3.8, 4) is 11.5 Å². The third-order valence-electron chi connectivity index (χ3n) is 2.90. The largest absolute Gasteiger partial charge is 0.454 e. The van der Waals surface area contributed by atoms with E-state index in [9.17, 15) is 4.79 Å². The molecule has 1 N–H and O–H groups in total. The van der Waals surface area contributed by atoms with Crippen molar-refractivity contribution in [3.63, 3.8) is 0 Å². The van der Waals surface area contributed by atoms with E-state index in [-0.39, 0.29) is 24.4 Å². The monoisotopic (exact) mass is 321 g/mol.